The fourth-order valence-electron chi connectivity index (χ4n) is 6.36. The topological polar surface area (TPSA) is 51.2 Å². The number of amides is 2. The van der Waals surface area contributed by atoms with Crippen molar-refractivity contribution in [3.8, 4) is 11.5 Å². The number of fused-ring (bicyclic) bond motifs is 1. The van der Waals surface area contributed by atoms with Crippen LogP contribution in [-0.4, -0.2) is 23.9 Å². The third-order valence-electron chi connectivity index (χ3n) is 8.93. The minimum Gasteiger partial charge on any atom is -0.488 e. The zero-order valence-corrected chi connectivity index (χ0v) is 28.2. The molecule has 45 heavy (non-hydrogen) atoms. The van der Waals surface area contributed by atoms with Crippen molar-refractivity contribution in [3.05, 3.63) is 117 Å². The standard InChI is InChI=1S/C39H46N2O4/c1-26-17-16-22-33(38(5,6)7)34(26)40(31-20-14-11-15-21-31)37(42)41(43-9)39(8)24-23-32-29(4)35(27(2)28(3)36(32)45-39)44-25-30-18-12-10-13-19-30/h10-15,17-21,23-24H,16,22,25H2,1-9H3. The van der Waals surface area contributed by atoms with E-state index in [0.29, 0.717) is 12.4 Å². The molecule has 2 amide bonds. The van der Waals surface area contributed by atoms with Crippen LogP contribution in [0.5, 0.6) is 11.5 Å². The lowest BCUT2D eigenvalue weighted by Gasteiger charge is -2.43. The van der Waals surface area contributed by atoms with Crippen LogP contribution in [0.15, 0.2) is 89.7 Å². The van der Waals surface area contributed by atoms with E-state index in [1.54, 1.807) is 4.90 Å². The highest BCUT2D eigenvalue weighted by Gasteiger charge is 2.44. The molecule has 0 N–H and O–H groups in total. The van der Waals surface area contributed by atoms with Crippen LogP contribution in [0.25, 0.3) is 6.08 Å². The molecular weight excluding hydrogens is 560 g/mol. The summed E-state index contributed by atoms with van der Waals surface area (Å²) < 4.78 is 13.1. The molecule has 6 nitrogen and oxygen atoms in total. The molecule has 6 heteroatoms. The number of nitrogens with zero attached hydrogens (tertiary/aromatic N) is 2. The maximum Gasteiger partial charge on any atom is 0.356 e. The van der Waals surface area contributed by atoms with Gasteiger partial charge in [-0.05, 0) is 98.1 Å². The van der Waals surface area contributed by atoms with Crippen LogP contribution in [0, 0.1) is 26.2 Å². The van der Waals surface area contributed by atoms with E-state index in [-0.39, 0.29) is 11.4 Å². The lowest BCUT2D eigenvalue weighted by Crippen LogP contribution is -2.57. The Morgan fingerprint density at radius 1 is 0.933 bits per heavy atom. The van der Waals surface area contributed by atoms with Gasteiger partial charge in [0.2, 0.25) is 5.72 Å². The second-order valence-corrected chi connectivity index (χ2v) is 13.1. The first-order valence-corrected chi connectivity index (χ1v) is 15.7. The van der Waals surface area contributed by atoms with Gasteiger partial charge in [0.1, 0.15) is 18.1 Å². The van der Waals surface area contributed by atoms with Gasteiger partial charge in [-0.25, -0.2) is 4.79 Å². The number of ether oxygens (including phenoxy) is 2. The van der Waals surface area contributed by atoms with E-state index in [0.717, 1.165) is 63.4 Å². The van der Waals surface area contributed by atoms with Crippen molar-refractivity contribution in [2.75, 3.05) is 12.0 Å². The van der Waals surface area contributed by atoms with Crippen molar-refractivity contribution in [2.24, 2.45) is 5.41 Å². The Hall–Kier alpha value is -4.29. The Balaban J connectivity index is 1.55. The third-order valence-corrected chi connectivity index (χ3v) is 8.93. The monoisotopic (exact) mass is 606 g/mol. The van der Waals surface area contributed by atoms with Crippen molar-refractivity contribution < 1.29 is 19.1 Å². The molecule has 1 aliphatic heterocycles. The normalized spacial score (nSPS) is 17.8. The van der Waals surface area contributed by atoms with Gasteiger partial charge in [-0.1, -0.05) is 75.4 Å². The zero-order chi connectivity index (χ0) is 32.5. The van der Waals surface area contributed by atoms with Crippen LogP contribution < -0.4 is 14.4 Å². The smallest absolute Gasteiger partial charge is 0.356 e. The van der Waals surface area contributed by atoms with E-state index >= 15 is 0 Å². The number of rotatable bonds is 7. The fourth-order valence-corrected chi connectivity index (χ4v) is 6.36. The average molecular weight is 607 g/mol. The number of hydrogen-bond donors (Lipinski definition) is 0. The summed E-state index contributed by atoms with van der Waals surface area (Å²) in [4.78, 5) is 22.6. The van der Waals surface area contributed by atoms with E-state index in [1.807, 2.05) is 74.5 Å². The van der Waals surface area contributed by atoms with E-state index in [9.17, 15) is 4.79 Å². The highest BCUT2D eigenvalue weighted by atomic mass is 16.7. The van der Waals surface area contributed by atoms with Crippen LogP contribution in [0.4, 0.5) is 10.5 Å². The van der Waals surface area contributed by atoms with E-state index in [4.69, 9.17) is 14.3 Å². The van der Waals surface area contributed by atoms with E-state index < -0.39 is 5.72 Å². The molecule has 0 fully saturated rings. The molecule has 1 heterocycles. The first-order valence-electron chi connectivity index (χ1n) is 15.7. The van der Waals surface area contributed by atoms with Gasteiger partial charge >= 0.3 is 6.03 Å². The molecule has 0 saturated carbocycles. The van der Waals surface area contributed by atoms with Crippen LogP contribution in [0.2, 0.25) is 0 Å². The second kappa shape index (κ2) is 12.6. The summed E-state index contributed by atoms with van der Waals surface area (Å²) in [6.07, 6.45) is 7.96. The maximum absolute atomic E-state index is 14.8. The third kappa shape index (κ3) is 6.16. The number of benzene rings is 3. The molecule has 0 radical (unpaired) electrons. The van der Waals surface area contributed by atoms with Crippen LogP contribution in [-0.2, 0) is 11.4 Å². The van der Waals surface area contributed by atoms with Gasteiger partial charge in [0.15, 0.2) is 0 Å². The number of carbonyl (C=O) groups is 1. The number of urea groups is 1. The molecule has 1 unspecified atom stereocenters. The Bertz CT molecular complexity index is 1660. The fraction of sp³-hybridized carbons (Fsp3) is 0.359. The SMILES string of the molecule is CON(C(=O)N(C1=C(C(C)(C)C)CCC=C1C)c1ccccc1)C1(C)C=Cc2c(C)c(OCc3ccccc3)c(C)c(C)c2O1. The van der Waals surface area contributed by atoms with Gasteiger partial charge < -0.3 is 9.47 Å². The highest BCUT2D eigenvalue weighted by molar-refractivity contribution is 5.97. The van der Waals surface area contributed by atoms with E-state index in [2.05, 4.69) is 59.8 Å². The molecule has 0 spiro atoms. The van der Waals surface area contributed by atoms with Gasteiger partial charge in [-0.2, -0.15) is 5.06 Å². The van der Waals surface area contributed by atoms with Gasteiger partial charge in [-0.15, -0.1) is 0 Å². The number of anilines is 1. The number of allylic oxidation sites excluding steroid dienone is 3. The summed E-state index contributed by atoms with van der Waals surface area (Å²) in [7, 11) is 1.52. The molecule has 0 bridgehead atoms. The molecular formula is C39H46N2O4. The van der Waals surface area contributed by atoms with Crippen LogP contribution in [0.3, 0.4) is 0 Å². The van der Waals surface area contributed by atoms with Crippen LogP contribution >= 0.6 is 0 Å². The molecule has 3 aromatic rings. The molecule has 0 saturated heterocycles. The molecule has 0 aromatic heterocycles. The summed E-state index contributed by atoms with van der Waals surface area (Å²) in [6, 6.07) is 19.6. The predicted octanol–water partition coefficient (Wildman–Crippen LogP) is 9.84. The molecule has 1 aliphatic carbocycles. The summed E-state index contributed by atoms with van der Waals surface area (Å²) in [5, 5.41) is 1.35. The van der Waals surface area contributed by atoms with Crippen molar-refractivity contribution in [2.45, 2.75) is 80.6 Å². The average Bonchev–Trinajstić information content (AvgIpc) is 3.01. The molecule has 1 atom stereocenters. The van der Waals surface area contributed by atoms with Crippen molar-refractivity contribution in [1.82, 2.24) is 5.06 Å². The maximum atomic E-state index is 14.8. The number of carbonyl (C=O) groups excluding carboxylic acids is 1. The lowest BCUT2D eigenvalue weighted by atomic mass is 9.78. The molecule has 2 aliphatic rings. The largest absolute Gasteiger partial charge is 0.488 e. The quantitative estimate of drug-likeness (QED) is 0.251. The summed E-state index contributed by atoms with van der Waals surface area (Å²) in [6.45, 7) is 17.2. The van der Waals surface area contributed by atoms with Gasteiger partial charge in [0, 0.05) is 18.1 Å². The minimum atomic E-state index is -1.23. The summed E-state index contributed by atoms with van der Waals surface area (Å²) in [5.74, 6) is 1.56. The van der Waals surface area contributed by atoms with Crippen molar-refractivity contribution in [3.63, 3.8) is 0 Å². The van der Waals surface area contributed by atoms with Gasteiger partial charge in [-0.3, -0.25) is 9.74 Å². The Morgan fingerprint density at radius 3 is 2.20 bits per heavy atom. The number of hydrogen-bond acceptors (Lipinski definition) is 4. The van der Waals surface area contributed by atoms with Crippen molar-refractivity contribution in [1.29, 1.82) is 0 Å². The Labute approximate surface area is 268 Å². The Kier molecular flexibility index (Phi) is 8.99. The predicted molar refractivity (Wildman–Crippen MR) is 182 cm³/mol. The van der Waals surface area contributed by atoms with Crippen molar-refractivity contribution >= 4 is 17.8 Å². The zero-order valence-electron chi connectivity index (χ0n) is 28.2. The minimum absolute atomic E-state index is 0.132. The molecule has 3 aromatic carbocycles. The first-order chi connectivity index (χ1) is 21.4. The molecule has 236 valence electrons. The first kappa shape index (κ1) is 32.1. The van der Waals surface area contributed by atoms with Gasteiger partial charge in [0.05, 0.1) is 18.5 Å². The summed E-state index contributed by atoms with van der Waals surface area (Å²) >= 11 is 0. The molecule has 5 rings (SSSR count). The van der Waals surface area contributed by atoms with Crippen LogP contribution in [0.1, 0.15) is 75.3 Å². The summed E-state index contributed by atoms with van der Waals surface area (Å²) in [5.41, 5.74) is 7.63. The highest BCUT2D eigenvalue weighted by Crippen LogP contribution is 2.45. The van der Waals surface area contributed by atoms with Gasteiger partial charge in [0.25, 0.3) is 0 Å². The number of hydroxylamine groups is 2. The van der Waals surface area contributed by atoms with E-state index in [1.165, 1.54) is 17.7 Å². The second-order valence-electron chi connectivity index (χ2n) is 13.1. The number of para-hydroxylation sites is 1. The Morgan fingerprint density at radius 2 is 1.58 bits per heavy atom. The lowest BCUT2D eigenvalue weighted by molar-refractivity contribution is -0.199.